The number of benzene rings is 1. The van der Waals surface area contributed by atoms with Crippen molar-refractivity contribution in [1.29, 1.82) is 0 Å². The van der Waals surface area contributed by atoms with Crippen LogP contribution in [0.2, 0.25) is 0 Å². The topological polar surface area (TPSA) is 57.6 Å². The molecule has 1 atom stereocenters. The number of aliphatic hydroxyl groups is 1. The molecule has 112 valence electrons. The fraction of sp³-hybridized carbons (Fsp3) is 0.538. The SMILES string of the molecule is CCC1CCCN1S(=O)(=O)c1cc(CO)cc(F)c1F. The Morgan fingerprint density at radius 2 is 2.10 bits per heavy atom. The van der Waals surface area contributed by atoms with E-state index in [0.717, 1.165) is 18.6 Å². The van der Waals surface area contributed by atoms with E-state index in [1.807, 2.05) is 6.92 Å². The van der Waals surface area contributed by atoms with E-state index in [4.69, 9.17) is 5.11 Å². The quantitative estimate of drug-likeness (QED) is 0.926. The van der Waals surface area contributed by atoms with Crippen molar-refractivity contribution < 1.29 is 22.3 Å². The minimum absolute atomic E-state index is 0.0368. The van der Waals surface area contributed by atoms with Crippen LogP contribution in [0.15, 0.2) is 17.0 Å². The van der Waals surface area contributed by atoms with E-state index >= 15 is 0 Å². The highest BCUT2D eigenvalue weighted by Gasteiger charge is 2.36. The molecule has 0 spiro atoms. The van der Waals surface area contributed by atoms with Crippen molar-refractivity contribution >= 4 is 10.0 Å². The summed E-state index contributed by atoms with van der Waals surface area (Å²) < 4.78 is 53.5. The first-order chi connectivity index (χ1) is 9.41. The molecule has 1 unspecified atom stereocenters. The number of nitrogens with zero attached hydrogens (tertiary/aromatic N) is 1. The van der Waals surface area contributed by atoms with Gasteiger partial charge in [-0.3, -0.25) is 0 Å². The molecule has 1 fully saturated rings. The number of halogens is 2. The van der Waals surface area contributed by atoms with Gasteiger partial charge in [-0.2, -0.15) is 4.31 Å². The van der Waals surface area contributed by atoms with Crippen LogP contribution in [0.4, 0.5) is 8.78 Å². The molecule has 0 aromatic heterocycles. The lowest BCUT2D eigenvalue weighted by atomic mass is 10.2. The van der Waals surface area contributed by atoms with Crippen LogP contribution in [-0.4, -0.2) is 30.4 Å². The number of sulfonamides is 1. The lowest BCUT2D eigenvalue weighted by molar-refractivity contribution is 0.280. The Bertz CT molecular complexity index is 604. The normalized spacial score (nSPS) is 20.5. The number of hydrogen-bond acceptors (Lipinski definition) is 3. The minimum Gasteiger partial charge on any atom is -0.392 e. The molecule has 1 aliphatic rings. The van der Waals surface area contributed by atoms with Crippen LogP contribution in [0.5, 0.6) is 0 Å². The minimum atomic E-state index is -4.08. The van der Waals surface area contributed by atoms with Crippen LogP contribution >= 0.6 is 0 Å². The van der Waals surface area contributed by atoms with Gasteiger partial charge in [-0.15, -0.1) is 0 Å². The summed E-state index contributed by atoms with van der Waals surface area (Å²) in [4.78, 5) is -0.693. The van der Waals surface area contributed by atoms with Crippen LogP contribution in [-0.2, 0) is 16.6 Å². The molecule has 20 heavy (non-hydrogen) atoms. The van der Waals surface area contributed by atoms with Gasteiger partial charge in [-0.25, -0.2) is 17.2 Å². The molecule has 1 aromatic carbocycles. The van der Waals surface area contributed by atoms with E-state index in [1.54, 1.807) is 0 Å². The van der Waals surface area contributed by atoms with Crippen LogP contribution in [0.3, 0.4) is 0 Å². The van der Waals surface area contributed by atoms with Gasteiger partial charge in [-0.1, -0.05) is 6.92 Å². The highest BCUT2D eigenvalue weighted by Crippen LogP contribution is 2.30. The second-order valence-corrected chi connectivity index (χ2v) is 6.73. The predicted octanol–water partition coefficient (Wildman–Crippen LogP) is 2.02. The maximum absolute atomic E-state index is 13.8. The Hall–Kier alpha value is -1.05. The summed E-state index contributed by atoms with van der Waals surface area (Å²) in [7, 11) is -4.08. The first-order valence-corrected chi connectivity index (χ1v) is 7.96. The average molecular weight is 305 g/mol. The Kier molecular flexibility index (Phi) is 4.41. The van der Waals surface area contributed by atoms with Gasteiger partial charge < -0.3 is 5.11 Å². The summed E-state index contributed by atoms with van der Waals surface area (Å²) in [6.07, 6.45) is 2.06. The van der Waals surface area contributed by atoms with Crippen molar-refractivity contribution in [2.24, 2.45) is 0 Å². The zero-order valence-corrected chi connectivity index (χ0v) is 12.0. The van der Waals surface area contributed by atoms with E-state index in [0.29, 0.717) is 19.4 Å². The van der Waals surface area contributed by atoms with Gasteiger partial charge in [-0.05, 0) is 37.0 Å². The van der Waals surface area contributed by atoms with Crippen molar-refractivity contribution in [3.8, 4) is 0 Å². The lowest BCUT2D eigenvalue weighted by Gasteiger charge is -2.23. The largest absolute Gasteiger partial charge is 0.392 e. The smallest absolute Gasteiger partial charge is 0.246 e. The maximum atomic E-state index is 13.8. The molecule has 1 aromatic rings. The molecule has 1 saturated heterocycles. The zero-order chi connectivity index (χ0) is 14.9. The summed E-state index contributed by atoms with van der Waals surface area (Å²) in [5.41, 5.74) is 0.0368. The molecule has 0 amide bonds. The molecule has 2 rings (SSSR count). The molecule has 0 aliphatic carbocycles. The molecule has 7 heteroatoms. The molecule has 1 aliphatic heterocycles. The molecule has 4 nitrogen and oxygen atoms in total. The molecular weight excluding hydrogens is 288 g/mol. The Morgan fingerprint density at radius 3 is 2.70 bits per heavy atom. The van der Waals surface area contributed by atoms with Crippen LogP contribution in [0, 0.1) is 11.6 Å². The summed E-state index contributed by atoms with van der Waals surface area (Å²) in [5.74, 6) is -2.65. The van der Waals surface area contributed by atoms with Crippen LogP contribution in [0.1, 0.15) is 31.7 Å². The standard InChI is InChI=1S/C13H17F2NO3S/c1-2-10-4-3-5-16(10)20(18,19)12-7-9(8-17)6-11(14)13(12)15/h6-7,10,17H,2-5,8H2,1H3. The molecule has 0 bridgehead atoms. The highest BCUT2D eigenvalue weighted by molar-refractivity contribution is 7.89. The van der Waals surface area contributed by atoms with Crippen molar-refractivity contribution in [2.45, 2.75) is 43.7 Å². The Morgan fingerprint density at radius 1 is 1.40 bits per heavy atom. The third-order valence-electron chi connectivity index (χ3n) is 3.62. The molecule has 1 N–H and O–H groups in total. The number of aliphatic hydroxyl groups excluding tert-OH is 1. The summed E-state index contributed by atoms with van der Waals surface area (Å²) in [6, 6.07) is 1.62. The summed E-state index contributed by atoms with van der Waals surface area (Å²) in [6.45, 7) is 1.63. The van der Waals surface area contributed by atoms with Gasteiger partial charge in [0.05, 0.1) is 6.61 Å². The zero-order valence-electron chi connectivity index (χ0n) is 11.1. The van der Waals surface area contributed by atoms with E-state index in [1.165, 1.54) is 4.31 Å². The van der Waals surface area contributed by atoms with Crippen molar-refractivity contribution in [2.75, 3.05) is 6.54 Å². The van der Waals surface area contributed by atoms with Crippen molar-refractivity contribution in [1.82, 2.24) is 4.31 Å². The number of rotatable bonds is 4. The monoisotopic (exact) mass is 305 g/mol. The second-order valence-electron chi connectivity index (χ2n) is 4.87. The first kappa shape index (κ1) is 15.3. The maximum Gasteiger partial charge on any atom is 0.246 e. The number of hydrogen-bond donors (Lipinski definition) is 1. The fourth-order valence-corrected chi connectivity index (χ4v) is 4.45. The van der Waals surface area contributed by atoms with Gasteiger partial charge in [0, 0.05) is 12.6 Å². The van der Waals surface area contributed by atoms with E-state index < -0.39 is 33.2 Å². The summed E-state index contributed by atoms with van der Waals surface area (Å²) in [5, 5.41) is 9.01. The van der Waals surface area contributed by atoms with Gasteiger partial charge in [0.25, 0.3) is 0 Å². The summed E-state index contributed by atoms with van der Waals surface area (Å²) >= 11 is 0. The first-order valence-electron chi connectivity index (χ1n) is 6.52. The second kappa shape index (κ2) is 5.75. The van der Waals surface area contributed by atoms with E-state index in [-0.39, 0.29) is 11.6 Å². The third kappa shape index (κ3) is 2.57. The predicted molar refractivity (Wildman–Crippen MR) is 69.5 cm³/mol. The molecule has 1 heterocycles. The van der Waals surface area contributed by atoms with Gasteiger partial charge >= 0.3 is 0 Å². The third-order valence-corrected chi connectivity index (χ3v) is 5.57. The average Bonchev–Trinajstić information content (AvgIpc) is 2.90. The van der Waals surface area contributed by atoms with Gasteiger partial charge in [0.2, 0.25) is 10.0 Å². The van der Waals surface area contributed by atoms with Crippen molar-refractivity contribution in [3.05, 3.63) is 29.3 Å². The Labute approximate surface area is 117 Å². The lowest BCUT2D eigenvalue weighted by Crippen LogP contribution is -2.35. The highest BCUT2D eigenvalue weighted by atomic mass is 32.2. The van der Waals surface area contributed by atoms with E-state index in [2.05, 4.69) is 0 Å². The van der Waals surface area contributed by atoms with Crippen molar-refractivity contribution in [3.63, 3.8) is 0 Å². The van der Waals surface area contributed by atoms with Crippen LogP contribution < -0.4 is 0 Å². The fourth-order valence-electron chi connectivity index (χ4n) is 2.56. The van der Waals surface area contributed by atoms with Gasteiger partial charge in [0.15, 0.2) is 11.6 Å². The van der Waals surface area contributed by atoms with E-state index in [9.17, 15) is 17.2 Å². The molecular formula is C13H17F2NO3S. The van der Waals surface area contributed by atoms with Crippen LogP contribution in [0.25, 0.3) is 0 Å². The Balaban J connectivity index is 2.51. The molecule has 0 radical (unpaired) electrons. The van der Waals surface area contributed by atoms with Gasteiger partial charge in [0.1, 0.15) is 4.90 Å². The molecule has 0 saturated carbocycles.